The molecule has 0 unspecified atom stereocenters. The fraction of sp³-hybridized carbons (Fsp3) is 0.323. The Bertz CT molecular complexity index is 1800. The summed E-state index contributed by atoms with van der Waals surface area (Å²) >= 11 is 0. The molecule has 42 heavy (non-hydrogen) atoms. The Morgan fingerprint density at radius 2 is 1.64 bits per heavy atom. The Morgan fingerprint density at radius 1 is 0.905 bits per heavy atom. The van der Waals surface area contributed by atoms with Gasteiger partial charge in [-0.1, -0.05) is 12.1 Å². The first kappa shape index (κ1) is 26.5. The molecule has 2 aliphatic heterocycles. The molecule has 3 aromatic heterocycles. The highest BCUT2D eigenvalue weighted by atomic mass is 19.1. The lowest BCUT2D eigenvalue weighted by Gasteiger charge is -2.32. The van der Waals surface area contributed by atoms with Gasteiger partial charge >= 0.3 is 0 Å². The van der Waals surface area contributed by atoms with Crippen LogP contribution in [0.2, 0.25) is 0 Å². The van der Waals surface area contributed by atoms with Crippen LogP contribution in [0.1, 0.15) is 5.56 Å². The molecule has 2 aliphatic rings. The van der Waals surface area contributed by atoms with E-state index in [2.05, 4.69) is 26.3 Å². The molecule has 2 aromatic carbocycles. The number of morpholine rings is 2. The first-order valence-electron chi connectivity index (χ1n) is 14.1. The molecule has 7 rings (SSSR count). The van der Waals surface area contributed by atoms with E-state index in [9.17, 15) is 4.39 Å². The number of nitrogens with zero attached hydrogens (tertiary/aromatic N) is 6. The van der Waals surface area contributed by atoms with Gasteiger partial charge in [0.05, 0.1) is 78.0 Å². The molecule has 5 aromatic rings. The van der Waals surface area contributed by atoms with E-state index in [4.69, 9.17) is 19.4 Å². The normalized spacial score (nSPS) is 16.0. The number of aryl methyl sites for hydroxylation is 1. The summed E-state index contributed by atoms with van der Waals surface area (Å²) in [5, 5.41) is 9.11. The van der Waals surface area contributed by atoms with Gasteiger partial charge in [0.15, 0.2) is 5.82 Å². The minimum atomic E-state index is -0.683. The van der Waals surface area contributed by atoms with Gasteiger partial charge in [-0.05, 0) is 24.6 Å². The van der Waals surface area contributed by atoms with E-state index in [1.807, 2.05) is 38.4 Å². The fourth-order valence-corrected chi connectivity index (χ4v) is 5.90. The summed E-state index contributed by atoms with van der Waals surface area (Å²) in [6, 6.07) is 10.1. The molecule has 0 aliphatic carbocycles. The Morgan fingerprint density at radius 3 is 2.40 bits per heavy atom. The van der Waals surface area contributed by atoms with E-state index in [-0.39, 0.29) is 10.9 Å². The quantitative estimate of drug-likeness (QED) is 0.309. The maximum Gasteiger partial charge on any atom is 0.152 e. The highest BCUT2D eigenvalue weighted by Crippen LogP contribution is 2.41. The monoisotopic (exact) mass is 571 g/mol. The van der Waals surface area contributed by atoms with Crippen LogP contribution in [0.15, 0.2) is 48.8 Å². The first-order valence-corrected chi connectivity index (χ1v) is 14.1. The van der Waals surface area contributed by atoms with E-state index >= 15 is 4.39 Å². The van der Waals surface area contributed by atoms with Crippen molar-refractivity contribution in [1.29, 1.82) is 0 Å². The second-order valence-corrected chi connectivity index (χ2v) is 10.6. The van der Waals surface area contributed by atoms with Crippen LogP contribution in [-0.2, 0) is 16.5 Å². The number of nitrogens with one attached hydrogen (secondary N) is 1. The van der Waals surface area contributed by atoms with Crippen molar-refractivity contribution < 1.29 is 18.3 Å². The van der Waals surface area contributed by atoms with Crippen molar-refractivity contribution in [3.05, 3.63) is 66.0 Å². The van der Waals surface area contributed by atoms with Gasteiger partial charge < -0.3 is 24.6 Å². The molecule has 9 nitrogen and oxygen atoms in total. The number of hydrogen-bond donors (Lipinski definition) is 1. The van der Waals surface area contributed by atoms with E-state index in [1.165, 1.54) is 6.07 Å². The van der Waals surface area contributed by atoms with E-state index in [0.29, 0.717) is 50.9 Å². The number of anilines is 4. The minimum Gasteiger partial charge on any atom is -0.378 e. The third-order valence-electron chi connectivity index (χ3n) is 8.09. The lowest BCUT2D eigenvalue weighted by Crippen LogP contribution is -2.38. The van der Waals surface area contributed by atoms with Crippen molar-refractivity contribution in [2.24, 2.45) is 7.05 Å². The number of rotatable bonds is 5. The number of hydrogen-bond acceptors (Lipinski definition) is 8. The van der Waals surface area contributed by atoms with Crippen LogP contribution in [0.4, 0.5) is 31.7 Å². The number of pyridine rings is 2. The van der Waals surface area contributed by atoms with Gasteiger partial charge in [0.2, 0.25) is 0 Å². The second-order valence-electron chi connectivity index (χ2n) is 10.6. The first-order chi connectivity index (χ1) is 20.5. The van der Waals surface area contributed by atoms with Gasteiger partial charge in [-0.2, -0.15) is 5.10 Å². The van der Waals surface area contributed by atoms with E-state index in [1.54, 1.807) is 10.9 Å². The molecular formula is C31H31F2N7O2. The molecule has 0 spiro atoms. The molecule has 0 bridgehead atoms. The van der Waals surface area contributed by atoms with Crippen molar-refractivity contribution in [2.45, 2.75) is 6.92 Å². The van der Waals surface area contributed by atoms with Gasteiger partial charge in [-0.15, -0.1) is 0 Å². The predicted molar refractivity (Wildman–Crippen MR) is 160 cm³/mol. The van der Waals surface area contributed by atoms with Crippen molar-refractivity contribution in [1.82, 2.24) is 19.7 Å². The number of benzene rings is 2. The highest BCUT2D eigenvalue weighted by Gasteiger charge is 2.24. The maximum absolute atomic E-state index is 15.6. The predicted octanol–water partition coefficient (Wildman–Crippen LogP) is 5.19. The summed E-state index contributed by atoms with van der Waals surface area (Å²) in [4.78, 5) is 14.1. The van der Waals surface area contributed by atoms with Gasteiger partial charge in [-0.3, -0.25) is 4.68 Å². The molecule has 2 fully saturated rings. The molecule has 1 N–H and O–H groups in total. The smallest absolute Gasteiger partial charge is 0.152 e. The van der Waals surface area contributed by atoms with Crippen LogP contribution in [0.25, 0.3) is 33.1 Å². The summed E-state index contributed by atoms with van der Waals surface area (Å²) in [6.07, 6.45) is 3.67. The average Bonchev–Trinajstić information content (AvgIpc) is 3.40. The molecule has 0 radical (unpaired) electrons. The van der Waals surface area contributed by atoms with Crippen LogP contribution in [0.5, 0.6) is 0 Å². The minimum absolute atomic E-state index is 0.223. The Labute approximate surface area is 241 Å². The van der Waals surface area contributed by atoms with Crippen LogP contribution < -0.4 is 15.1 Å². The summed E-state index contributed by atoms with van der Waals surface area (Å²) in [5.41, 5.74) is 5.54. The molecule has 5 heterocycles. The highest BCUT2D eigenvalue weighted by molar-refractivity contribution is 6.02. The van der Waals surface area contributed by atoms with Crippen LogP contribution in [0.3, 0.4) is 0 Å². The van der Waals surface area contributed by atoms with Crippen LogP contribution in [0, 0.1) is 18.6 Å². The second kappa shape index (κ2) is 10.8. The topological polar surface area (TPSA) is 80.6 Å². The summed E-state index contributed by atoms with van der Waals surface area (Å²) in [5.74, 6) is -0.615. The number of halogens is 2. The van der Waals surface area contributed by atoms with Crippen molar-refractivity contribution in [3.63, 3.8) is 0 Å². The van der Waals surface area contributed by atoms with Crippen molar-refractivity contribution in [2.75, 3.05) is 67.7 Å². The van der Waals surface area contributed by atoms with Gasteiger partial charge in [-0.25, -0.2) is 18.7 Å². The number of ether oxygens (including phenoxy) is 2. The Hall–Kier alpha value is -4.35. The van der Waals surface area contributed by atoms with Crippen LogP contribution >= 0.6 is 0 Å². The largest absolute Gasteiger partial charge is 0.378 e. The fourth-order valence-electron chi connectivity index (χ4n) is 5.90. The summed E-state index contributed by atoms with van der Waals surface area (Å²) < 4.78 is 43.1. The Balaban J connectivity index is 1.43. The summed E-state index contributed by atoms with van der Waals surface area (Å²) in [6.45, 7) is 7.25. The Kier molecular flexibility index (Phi) is 6.83. The number of aromatic nitrogens is 4. The molecule has 0 atom stereocenters. The van der Waals surface area contributed by atoms with Crippen molar-refractivity contribution >= 4 is 44.7 Å². The summed E-state index contributed by atoms with van der Waals surface area (Å²) in [7, 11) is 1.88. The molecule has 2 saturated heterocycles. The third kappa shape index (κ3) is 4.68. The van der Waals surface area contributed by atoms with Crippen LogP contribution in [-0.4, -0.2) is 72.4 Å². The average molecular weight is 572 g/mol. The lowest BCUT2D eigenvalue weighted by atomic mass is 9.99. The van der Waals surface area contributed by atoms with Gasteiger partial charge in [0.25, 0.3) is 0 Å². The maximum atomic E-state index is 15.6. The van der Waals surface area contributed by atoms with Gasteiger partial charge in [0.1, 0.15) is 11.6 Å². The molecule has 216 valence electrons. The molecule has 11 heteroatoms. The van der Waals surface area contributed by atoms with E-state index < -0.39 is 11.6 Å². The molecule has 0 amide bonds. The lowest BCUT2D eigenvalue weighted by molar-refractivity contribution is 0.122. The zero-order valence-corrected chi connectivity index (χ0v) is 23.5. The standard InChI is InChI=1S/C31H31F2N7O2/c1-19-29(22-4-3-5-27-23(22)18-35-38(27)2)36-25-15-20(32)14-24(33)28(25)30(19)37-26-16-21(39-6-10-41-11-7-39)17-34-31(26)40-8-12-42-13-9-40/h3-5,14-18H,6-13H2,1-2H3,(H,36,37). The van der Waals surface area contributed by atoms with Crippen molar-refractivity contribution in [3.8, 4) is 11.3 Å². The molecular weight excluding hydrogens is 540 g/mol. The SMILES string of the molecule is Cc1c(-c2cccc3c2cnn3C)nc2cc(F)cc(F)c2c1Nc1cc(N2CCOCC2)cnc1N1CCOCC1. The van der Waals surface area contributed by atoms with E-state index in [0.717, 1.165) is 58.4 Å². The third-order valence-corrected chi connectivity index (χ3v) is 8.09. The van der Waals surface area contributed by atoms with Gasteiger partial charge in [0, 0.05) is 56.3 Å². The number of fused-ring (bicyclic) bond motifs is 2. The zero-order chi connectivity index (χ0) is 28.8. The zero-order valence-electron chi connectivity index (χ0n) is 23.5. The molecule has 0 saturated carbocycles.